The first-order valence-corrected chi connectivity index (χ1v) is 5.48. The first-order valence-electron chi connectivity index (χ1n) is 5.48. The lowest BCUT2D eigenvalue weighted by Gasteiger charge is -2.14. The van der Waals surface area contributed by atoms with Crippen LogP contribution in [0.25, 0.3) is 0 Å². The van der Waals surface area contributed by atoms with E-state index < -0.39 is 0 Å². The molecule has 0 unspecified atom stereocenters. The Morgan fingerprint density at radius 2 is 2.06 bits per heavy atom. The molecule has 0 aliphatic heterocycles. The van der Waals surface area contributed by atoms with Gasteiger partial charge in [-0.3, -0.25) is 0 Å². The Kier molecular flexibility index (Phi) is 7.87. The summed E-state index contributed by atoms with van der Waals surface area (Å²) in [7, 11) is 1.45. The number of rotatable bonds is 6. The average molecular weight is 263 g/mol. The molecule has 0 saturated carbocycles. The minimum Gasteiger partial charge on any atom is -0.494 e. The van der Waals surface area contributed by atoms with E-state index in [1.54, 1.807) is 18.2 Å². The van der Waals surface area contributed by atoms with Crippen LogP contribution in [0.5, 0.6) is 5.75 Å². The lowest BCUT2D eigenvalue weighted by atomic mass is 10.0. The molecule has 17 heavy (non-hydrogen) atoms. The van der Waals surface area contributed by atoms with E-state index >= 15 is 0 Å². The van der Waals surface area contributed by atoms with Gasteiger partial charge in [0.15, 0.2) is 11.6 Å². The van der Waals surface area contributed by atoms with Gasteiger partial charge >= 0.3 is 0 Å². The third-order valence-corrected chi connectivity index (χ3v) is 2.58. The molecule has 98 valence electrons. The summed E-state index contributed by atoms with van der Waals surface area (Å²) in [6.07, 6.45) is 2.56. The summed E-state index contributed by atoms with van der Waals surface area (Å²) in [5.74, 6) is -0.114. The topological polar surface area (TPSA) is 61.3 Å². The first-order chi connectivity index (χ1) is 7.70. The van der Waals surface area contributed by atoms with Crippen molar-refractivity contribution in [3.8, 4) is 5.75 Å². The van der Waals surface area contributed by atoms with Gasteiger partial charge in [-0.15, -0.1) is 12.4 Å². The van der Waals surface area contributed by atoms with Crippen molar-refractivity contribution in [3.63, 3.8) is 0 Å². The van der Waals surface area contributed by atoms with Crippen molar-refractivity contribution in [3.05, 3.63) is 29.6 Å². The van der Waals surface area contributed by atoms with Crippen molar-refractivity contribution in [1.82, 2.24) is 0 Å². The molecule has 1 rings (SSSR count). The highest BCUT2D eigenvalue weighted by Gasteiger charge is 2.14. The van der Waals surface area contributed by atoms with E-state index in [-0.39, 0.29) is 30.0 Å². The van der Waals surface area contributed by atoms with Crippen molar-refractivity contribution in [1.29, 1.82) is 0 Å². The summed E-state index contributed by atoms with van der Waals surface area (Å²) < 4.78 is 18.7. The molecule has 0 saturated heterocycles. The van der Waals surface area contributed by atoms with Gasteiger partial charge in [0.25, 0.3) is 0 Å². The van der Waals surface area contributed by atoms with E-state index in [1.807, 2.05) is 0 Å². The van der Waals surface area contributed by atoms with Gasteiger partial charge in [0.05, 0.1) is 7.11 Å². The van der Waals surface area contributed by atoms with Crippen LogP contribution in [0.15, 0.2) is 18.2 Å². The minimum absolute atomic E-state index is 0. The van der Waals surface area contributed by atoms with Crippen molar-refractivity contribution in [2.45, 2.75) is 25.3 Å². The van der Waals surface area contributed by atoms with Gasteiger partial charge in [-0.1, -0.05) is 18.6 Å². The number of methoxy groups -OCH3 is 1. The predicted octanol–water partition coefficient (Wildman–Crippen LogP) is 2.38. The molecule has 0 aliphatic carbocycles. The third kappa shape index (κ3) is 4.50. The second-order valence-corrected chi connectivity index (χ2v) is 3.75. The molecule has 1 aromatic rings. The Hall–Kier alpha value is -0.840. The van der Waals surface area contributed by atoms with Crippen molar-refractivity contribution in [2.75, 3.05) is 13.7 Å². The lowest BCUT2D eigenvalue weighted by molar-refractivity contribution is 0.381. The van der Waals surface area contributed by atoms with Gasteiger partial charge < -0.3 is 16.2 Å². The molecule has 0 radical (unpaired) electrons. The molecular weight excluding hydrogens is 243 g/mol. The van der Waals surface area contributed by atoms with E-state index in [0.717, 1.165) is 19.3 Å². The van der Waals surface area contributed by atoms with Crippen molar-refractivity contribution < 1.29 is 9.13 Å². The Bertz CT molecular complexity index is 336. The molecule has 1 aromatic carbocycles. The molecule has 4 N–H and O–H groups in total. The molecule has 3 nitrogen and oxygen atoms in total. The molecule has 0 amide bonds. The van der Waals surface area contributed by atoms with Gasteiger partial charge in [0, 0.05) is 11.6 Å². The number of nitrogens with two attached hydrogens (primary N) is 2. The highest BCUT2D eigenvalue weighted by molar-refractivity contribution is 5.85. The molecule has 0 fully saturated rings. The average Bonchev–Trinajstić information content (AvgIpc) is 2.29. The highest BCUT2D eigenvalue weighted by Crippen LogP contribution is 2.26. The second kappa shape index (κ2) is 8.28. The summed E-state index contributed by atoms with van der Waals surface area (Å²) in [6.45, 7) is 0.646. The van der Waals surface area contributed by atoms with Crippen LogP contribution in [0.1, 0.15) is 30.9 Å². The van der Waals surface area contributed by atoms with Crippen LogP contribution < -0.4 is 16.2 Å². The van der Waals surface area contributed by atoms with Gasteiger partial charge in [-0.05, 0) is 25.5 Å². The number of hydrogen-bond donors (Lipinski definition) is 2. The first kappa shape index (κ1) is 16.2. The zero-order valence-corrected chi connectivity index (χ0v) is 10.8. The molecule has 0 aromatic heterocycles. The number of benzene rings is 1. The summed E-state index contributed by atoms with van der Waals surface area (Å²) in [5, 5.41) is 0. The van der Waals surface area contributed by atoms with E-state index in [2.05, 4.69) is 0 Å². The molecule has 0 heterocycles. The van der Waals surface area contributed by atoms with Crippen LogP contribution in [0.4, 0.5) is 4.39 Å². The molecular formula is C12H20ClFN2O. The van der Waals surface area contributed by atoms with Crippen LogP contribution in [0.3, 0.4) is 0 Å². The van der Waals surface area contributed by atoms with E-state index in [0.29, 0.717) is 12.1 Å². The molecule has 5 heteroatoms. The van der Waals surface area contributed by atoms with Crippen LogP contribution >= 0.6 is 12.4 Å². The fourth-order valence-electron chi connectivity index (χ4n) is 1.64. The normalized spacial score (nSPS) is 11.8. The van der Waals surface area contributed by atoms with Crippen molar-refractivity contribution >= 4 is 12.4 Å². The van der Waals surface area contributed by atoms with E-state index in [9.17, 15) is 4.39 Å². The van der Waals surface area contributed by atoms with Gasteiger partial charge in [0.1, 0.15) is 0 Å². The van der Waals surface area contributed by atoms with Gasteiger partial charge in [-0.2, -0.15) is 0 Å². The van der Waals surface area contributed by atoms with Gasteiger partial charge in [0.2, 0.25) is 0 Å². The van der Waals surface area contributed by atoms with Gasteiger partial charge in [-0.25, -0.2) is 4.39 Å². The maximum Gasteiger partial charge on any atom is 0.169 e. The van der Waals surface area contributed by atoms with Crippen LogP contribution in [0, 0.1) is 5.82 Å². The fourth-order valence-corrected chi connectivity index (χ4v) is 1.64. The summed E-state index contributed by atoms with van der Waals surface area (Å²) in [4.78, 5) is 0. The van der Waals surface area contributed by atoms with Crippen LogP contribution in [-0.4, -0.2) is 13.7 Å². The smallest absolute Gasteiger partial charge is 0.169 e. The Morgan fingerprint density at radius 1 is 1.35 bits per heavy atom. The number of halogens is 2. The Morgan fingerprint density at radius 3 is 2.65 bits per heavy atom. The lowest BCUT2D eigenvalue weighted by Crippen LogP contribution is -2.13. The van der Waals surface area contributed by atoms with E-state index in [1.165, 1.54) is 7.11 Å². The van der Waals surface area contributed by atoms with E-state index in [4.69, 9.17) is 16.2 Å². The largest absolute Gasteiger partial charge is 0.494 e. The zero-order valence-electron chi connectivity index (χ0n) is 9.99. The summed E-state index contributed by atoms with van der Waals surface area (Å²) >= 11 is 0. The van der Waals surface area contributed by atoms with Crippen LogP contribution in [-0.2, 0) is 0 Å². The maximum absolute atomic E-state index is 13.8. The minimum atomic E-state index is -0.356. The summed E-state index contributed by atoms with van der Waals surface area (Å²) in [6, 6.07) is 4.75. The quantitative estimate of drug-likeness (QED) is 0.774. The highest BCUT2D eigenvalue weighted by atomic mass is 35.5. The molecule has 0 aliphatic rings. The third-order valence-electron chi connectivity index (χ3n) is 2.58. The number of ether oxygens (including phenoxy) is 1. The Balaban J connectivity index is 0.00000256. The zero-order chi connectivity index (χ0) is 12.0. The summed E-state index contributed by atoms with van der Waals surface area (Å²) in [5.41, 5.74) is 11.8. The van der Waals surface area contributed by atoms with Crippen LogP contribution in [0.2, 0.25) is 0 Å². The molecule has 0 spiro atoms. The number of unbranched alkanes of at least 4 members (excludes halogenated alkanes) is 1. The molecule has 1 atom stereocenters. The SMILES string of the molecule is COc1cccc([C@@H](N)CCCCN)c1F.Cl. The second-order valence-electron chi connectivity index (χ2n) is 3.75. The monoisotopic (exact) mass is 262 g/mol. The van der Waals surface area contributed by atoms with Crippen molar-refractivity contribution in [2.24, 2.45) is 11.5 Å². The fraction of sp³-hybridized carbons (Fsp3) is 0.500. The maximum atomic E-state index is 13.8. The number of hydrogen-bond acceptors (Lipinski definition) is 3. The standard InChI is InChI=1S/C12H19FN2O.ClH/c1-16-11-7-4-5-9(12(11)13)10(15)6-2-3-8-14;/h4-5,7,10H,2-3,6,8,14-15H2,1H3;1H/t10-;/m0./s1. The Labute approximate surface area is 108 Å². The molecule has 0 bridgehead atoms. The predicted molar refractivity (Wildman–Crippen MR) is 70.0 cm³/mol.